The molecule has 0 N–H and O–H groups in total. The molecule has 5 rings (SSSR count). The van der Waals surface area contributed by atoms with E-state index in [9.17, 15) is 13.7 Å². The highest BCUT2D eigenvalue weighted by molar-refractivity contribution is 7.98. The van der Waals surface area contributed by atoms with Gasteiger partial charge in [0.15, 0.2) is 5.16 Å². The fourth-order valence-electron chi connectivity index (χ4n) is 4.81. The van der Waals surface area contributed by atoms with Crippen LogP contribution in [0.5, 0.6) is 0 Å². The number of fused-ring (bicyclic) bond motifs is 1. The highest BCUT2D eigenvalue weighted by Gasteiger charge is 2.29. The second kappa shape index (κ2) is 8.89. The Morgan fingerprint density at radius 1 is 1.06 bits per heavy atom. The summed E-state index contributed by atoms with van der Waals surface area (Å²) in [6.45, 7) is 1.19. The van der Waals surface area contributed by atoms with Crippen LogP contribution in [0.1, 0.15) is 55.7 Å². The highest BCUT2D eigenvalue weighted by Crippen LogP contribution is 2.38. The zero-order valence-corrected chi connectivity index (χ0v) is 19.5. The van der Waals surface area contributed by atoms with Crippen molar-refractivity contribution >= 4 is 32.8 Å². The molecular weight excluding hydrogens is 440 g/mol. The van der Waals surface area contributed by atoms with E-state index in [1.54, 1.807) is 28.2 Å². The number of thioether (sulfide) groups is 1. The minimum absolute atomic E-state index is 0.328. The van der Waals surface area contributed by atoms with Gasteiger partial charge in [0.2, 0.25) is 10.0 Å². The van der Waals surface area contributed by atoms with Gasteiger partial charge in [-0.2, -0.15) is 9.57 Å². The Hall–Kier alpha value is -2.34. The summed E-state index contributed by atoms with van der Waals surface area (Å²) in [5, 5.41) is 10.3. The van der Waals surface area contributed by atoms with Crippen LogP contribution in [0, 0.1) is 11.3 Å². The van der Waals surface area contributed by atoms with Gasteiger partial charge in [0.05, 0.1) is 27.6 Å². The topological polar surface area (TPSA) is 79.0 Å². The minimum atomic E-state index is -3.48. The molecule has 0 bridgehead atoms. The van der Waals surface area contributed by atoms with E-state index in [0.717, 1.165) is 47.4 Å². The van der Waals surface area contributed by atoms with E-state index in [2.05, 4.69) is 10.6 Å². The van der Waals surface area contributed by atoms with E-state index in [0.29, 0.717) is 35.3 Å². The van der Waals surface area contributed by atoms with Gasteiger partial charge in [-0.15, -0.1) is 0 Å². The lowest BCUT2D eigenvalue weighted by atomic mass is 10.1. The molecule has 2 fully saturated rings. The van der Waals surface area contributed by atoms with E-state index < -0.39 is 10.0 Å². The first-order valence-electron chi connectivity index (χ1n) is 11.2. The Labute approximate surface area is 193 Å². The molecule has 0 atom stereocenters. The Morgan fingerprint density at radius 2 is 1.81 bits per heavy atom. The lowest BCUT2D eigenvalue weighted by molar-refractivity contribution is 0.477. The number of hydrogen-bond donors (Lipinski definition) is 0. The van der Waals surface area contributed by atoms with Gasteiger partial charge in [-0.05, 0) is 55.5 Å². The molecule has 0 spiro atoms. The third-order valence-corrected chi connectivity index (χ3v) is 9.41. The third-order valence-electron chi connectivity index (χ3n) is 6.52. The van der Waals surface area contributed by atoms with Crippen molar-refractivity contribution in [3.05, 3.63) is 53.6 Å². The molecular formula is C24H26N4O2S2. The predicted octanol–water partition coefficient (Wildman–Crippen LogP) is 5.10. The number of aromatic nitrogens is 2. The lowest BCUT2D eigenvalue weighted by Gasteiger charge is -2.17. The summed E-state index contributed by atoms with van der Waals surface area (Å²) in [7, 11) is -3.48. The number of imidazole rings is 1. The van der Waals surface area contributed by atoms with Gasteiger partial charge in [0, 0.05) is 24.9 Å². The monoisotopic (exact) mass is 466 g/mol. The van der Waals surface area contributed by atoms with Gasteiger partial charge in [-0.3, -0.25) is 0 Å². The van der Waals surface area contributed by atoms with Crippen molar-refractivity contribution in [1.82, 2.24) is 13.9 Å². The quantitative estimate of drug-likeness (QED) is 0.472. The van der Waals surface area contributed by atoms with Gasteiger partial charge in [0.25, 0.3) is 0 Å². The maximum Gasteiger partial charge on any atom is 0.243 e. The first-order chi connectivity index (χ1) is 15.6. The first kappa shape index (κ1) is 21.5. The van der Waals surface area contributed by atoms with Crippen LogP contribution < -0.4 is 0 Å². The molecule has 0 amide bonds. The lowest BCUT2D eigenvalue weighted by Crippen LogP contribution is -2.27. The van der Waals surface area contributed by atoms with Crippen LogP contribution in [-0.4, -0.2) is 35.4 Å². The average molecular weight is 467 g/mol. The number of rotatable bonds is 6. The maximum atomic E-state index is 13.1. The van der Waals surface area contributed by atoms with E-state index in [-0.39, 0.29) is 0 Å². The second-order valence-corrected chi connectivity index (χ2v) is 11.4. The zero-order valence-electron chi connectivity index (χ0n) is 17.9. The molecule has 3 aromatic rings. The first-order valence-corrected chi connectivity index (χ1v) is 13.6. The van der Waals surface area contributed by atoms with Crippen molar-refractivity contribution in [2.24, 2.45) is 0 Å². The molecule has 1 saturated carbocycles. The summed E-state index contributed by atoms with van der Waals surface area (Å²) in [4.78, 5) is 5.22. The van der Waals surface area contributed by atoms with Gasteiger partial charge in [-0.1, -0.05) is 42.8 Å². The largest absolute Gasteiger partial charge is 0.316 e. The summed E-state index contributed by atoms with van der Waals surface area (Å²) >= 11 is 1.62. The van der Waals surface area contributed by atoms with Crippen molar-refractivity contribution in [2.45, 2.75) is 60.4 Å². The van der Waals surface area contributed by atoms with E-state index in [1.807, 2.05) is 30.3 Å². The molecule has 1 aromatic heterocycles. The average Bonchev–Trinajstić information content (AvgIpc) is 3.58. The van der Waals surface area contributed by atoms with Gasteiger partial charge >= 0.3 is 0 Å². The molecule has 6 nitrogen and oxygen atoms in total. The number of benzene rings is 2. The van der Waals surface area contributed by atoms with E-state index in [1.165, 1.54) is 12.8 Å². The molecule has 0 unspecified atom stereocenters. The van der Waals surface area contributed by atoms with Gasteiger partial charge < -0.3 is 4.57 Å². The molecule has 8 heteroatoms. The predicted molar refractivity (Wildman–Crippen MR) is 126 cm³/mol. The molecule has 1 aliphatic carbocycles. The Balaban J connectivity index is 1.52. The molecule has 0 radical (unpaired) electrons. The molecule has 2 aliphatic rings. The normalized spacial score (nSPS) is 17.8. The minimum Gasteiger partial charge on any atom is -0.316 e. The fraction of sp³-hybridized carbons (Fsp3) is 0.417. The van der Waals surface area contributed by atoms with Crippen LogP contribution in [-0.2, 0) is 15.8 Å². The number of nitriles is 1. The highest BCUT2D eigenvalue weighted by atomic mass is 32.2. The third kappa shape index (κ3) is 3.94. The molecule has 166 valence electrons. The van der Waals surface area contributed by atoms with Crippen LogP contribution in [0.4, 0.5) is 0 Å². The zero-order chi connectivity index (χ0) is 22.1. The number of hydrogen-bond acceptors (Lipinski definition) is 5. The molecule has 1 saturated heterocycles. The van der Waals surface area contributed by atoms with Crippen molar-refractivity contribution in [3.8, 4) is 6.07 Å². The summed E-state index contributed by atoms with van der Waals surface area (Å²) in [5.74, 6) is 0.651. The van der Waals surface area contributed by atoms with E-state index >= 15 is 0 Å². The summed E-state index contributed by atoms with van der Waals surface area (Å²) in [6.07, 6.45) is 6.47. The van der Waals surface area contributed by atoms with Crippen LogP contribution in [0.2, 0.25) is 0 Å². The Kier molecular flexibility index (Phi) is 5.97. The van der Waals surface area contributed by atoms with Crippen molar-refractivity contribution in [3.63, 3.8) is 0 Å². The summed E-state index contributed by atoms with van der Waals surface area (Å²) in [6, 6.07) is 15.7. The molecule has 32 heavy (non-hydrogen) atoms. The molecule has 2 heterocycles. The standard InChI is InChI=1S/C24H26N4O2S2/c25-16-18-7-1-2-8-19(18)17-31-24-26-22-15-21(32(29,30)27-13-5-6-14-27)11-12-23(22)28(24)20-9-3-4-10-20/h1-2,7-8,11-12,15,20H,3-6,9-10,13-14,17H2. The van der Waals surface area contributed by atoms with Crippen LogP contribution in [0.25, 0.3) is 11.0 Å². The molecule has 1 aliphatic heterocycles. The van der Waals surface area contributed by atoms with Crippen LogP contribution >= 0.6 is 11.8 Å². The van der Waals surface area contributed by atoms with Gasteiger partial charge in [0.1, 0.15) is 0 Å². The number of nitrogens with zero attached hydrogens (tertiary/aromatic N) is 4. The number of sulfonamides is 1. The fourth-order valence-corrected chi connectivity index (χ4v) is 7.43. The maximum absolute atomic E-state index is 13.1. The van der Waals surface area contributed by atoms with E-state index in [4.69, 9.17) is 4.98 Å². The van der Waals surface area contributed by atoms with Crippen LogP contribution in [0.15, 0.2) is 52.5 Å². The SMILES string of the molecule is N#Cc1ccccc1CSc1nc2cc(S(=O)(=O)N3CCCC3)ccc2n1C1CCCC1. The van der Waals surface area contributed by atoms with Crippen LogP contribution in [0.3, 0.4) is 0 Å². The molecule has 2 aromatic carbocycles. The van der Waals surface area contributed by atoms with Gasteiger partial charge in [-0.25, -0.2) is 13.4 Å². The summed E-state index contributed by atoms with van der Waals surface area (Å²) in [5.41, 5.74) is 3.39. The smallest absolute Gasteiger partial charge is 0.243 e. The van der Waals surface area contributed by atoms with Crippen molar-refractivity contribution in [2.75, 3.05) is 13.1 Å². The summed E-state index contributed by atoms with van der Waals surface area (Å²) < 4.78 is 30.0. The second-order valence-electron chi connectivity index (χ2n) is 8.52. The van der Waals surface area contributed by atoms with Crippen molar-refractivity contribution < 1.29 is 8.42 Å². The van der Waals surface area contributed by atoms with Crippen molar-refractivity contribution in [1.29, 1.82) is 5.26 Å². The Bertz CT molecular complexity index is 1280. The Morgan fingerprint density at radius 3 is 2.56 bits per heavy atom.